The van der Waals surface area contributed by atoms with Crippen LogP contribution in [0, 0.1) is 0 Å². The Morgan fingerprint density at radius 2 is 1.85 bits per heavy atom. The maximum absolute atomic E-state index is 12.3. The molecular weight excluding hydrogens is 325 g/mol. The van der Waals surface area contributed by atoms with Crippen LogP contribution in [0.4, 0.5) is 0 Å². The van der Waals surface area contributed by atoms with Crippen molar-refractivity contribution in [2.75, 3.05) is 0 Å². The molecule has 2 N–H and O–H groups in total. The molecule has 0 fully saturated rings. The lowest BCUT2D eigenvalue weighted by Crippen LogP contribution is -2.52. The molecule has 0 spiro atoms. The van der Waals surface area contributed by atoms with E-state index in [0.29, 0.717) is 6.42 Å². The van der Waals surface area contributed by atoms with Crippen molar-refractivity contribution in [1.82, 2.24) is 4.72 Å². The van der Waals surface area contributed by atoms with Crippen molar-refractivity contribution in [2.45, 2.75) is 37.1 Å². The van der Waals surface area contributed by atoms with Crippen molar-refractivity contribution in [3.8, 4) is 0 Å². The molecule has 1 aromatic rings. The molecule has 1 atom stereocenters. The number of carboxylic acid groups (broad SMARTS) is 1. The Balaban J connectivity index is 3.28. The molecule has 0 saturated heterocycles. The highest BCUT2D eigenvalue weighted by molar-refractivity contribution is 7.89. The van der Waals surface area contributed by atoms with Gasteiger partial charge in [0.05, 0.1) is 10.0 Å². The molecule has 5 nitrogen and oxygen atoms in total. The summed E-state index contributed by atoms with van der Waals surface area (Å²) in [6, 6.07) is 4.26. The lowest BCUT2D eigenvalue weighted by Gasteiger charge is -2.25. The second kappa shape index (κ2) is 6.30. The van der Waals surface area contributed by atoms with Crippen molar-refractivity contribution in [3.63, 3.8) is 0 Å². The number of nitrogens with one attached hydrogen (secondary N) is 1. The molecule has 0 aliphatic rings. The number of benzene rings is 1. The van der Waals surface area contributed by atoms with E-state index in [0.717, 1.165) is 0 Å². The Hall–Kier alpha value is -0.820. The van der Waals surface area contributed by atoms with E-state index in [4.69, 9.17) is 23.2 Å². The number of hydrogen-bond acceptors (Lipinski definition) is 3. The first kappa shape index (κ1) is 17.2. The Bertz CT molecular complexity index is 598. The largest absolute Gasteiger partial charge is 0.480 e. The van der Waals surface area contributed by atoms with Crippen LogP contribution in [-0.4, -0.2) is 25.0 Å². The van der Waals surface area contributed by atoms with Gasteiger partial charge >= 0.3 is 5.97 Å². The quantitative estimate of drug-likeness (QED) is 0.834. The molecule has 0 aliphatic carbocycles. The van der Waals surface area contributed by atoms with Crippen LogP contribution in [0.5, 0.6) is 0 Å². The summed E-state index contributed by atoms with van der Waals surface area (Å²) in [5.74, 6) is -1.26. The highest BCUT2D eigenvalue weighted by Gasteiger charge is 2.38. The number of aliphatic carboxylic acids is 1. The standard InChI is InChI=1S/C12H15Cl2NO4S/c1-3-7-12(2,11(16)17)15-20(18,19)10-8(13)5-4-6-9(10)14/h4-6,15H,3,7H2,1-2H3,(H,16,17). The van der Waals surface area contributed by atoms with Crippen molar-refractivity contribution in [1.29, 1.82) is 0 Å². The number of hydrogen-bond donors (Lipinski definition) is 2. The topological polar surface area (TPSA) is 83.5 Å². The molecule has 1 unspecified atom stereocenters. The monoisotopic (exact) mass is 339 g/mol. The van der Waals surface area contributed by atoms with E-state index < -0.39 is 21.5 Å². The second-order valence-electron chi connectivity index (χ2n) is 4.54. The maximum atomic E-state index is 12.3. The first-order valence-electron chi connectivity index (χ1n) is 5.85. The number of rotatable bonds is 6. The van der Waals surface area contributed by atoms with Gasteiger partial charge in [0.2, 0.25) is 10.0 Å². The van der Waals surface area contributed by atoms with Crippen molar-refractivity contribution in [2.24, 2.45) is 0 Å². The summed E-state index contributed by atoms with van der Waals surface area (Å²) in [6.07, 6.45) is 0.644. The van der Waals surface area contributed by atoms with E-state index in [1.807, 2.05) is 0 Å². The summed E-state index contributed by atoms with van der Waals surface area (Å²) in [5, 5.41) is 9.10. The Labute approximate surface area is 127 Å². The van der Waals surface area contributed by atoms with E-state index >= 15 is 0 Å². The van der Waals surface area contributed by atoms with Gasteiger partial charge in [-0.2, -0.15) is 4.72 Å². The smallest absolute Gasteiger partial charge is 0.324 e. The average Bonchev–Trinajstić information content (AvgIpc) is 2.27. The molecule has 0 heterocycles. The third-order valence-electron chi connectivity index (χ3n) is 2.77. The molecule has 0 saturated carbocycles. The van der Waals surface area contributed by atoms with E-state index in [9.17, 15) is 18.3 Å². The van der Waals surface area contributed by atoms with Gasteiger partial charge in [-0.25, -0.2) is 8.42 Å². The van der Waals surface area contributed by atoms with Crippen LogP contribution in [-0.2, 0) is 14.8 Å². The predicted octanol–water partition coefficient (Wildman–Crippen LogP) is 2.92. The SMILES string of the molecule is CCCC(C)(NS(=O)(=O)c1c(Cl)cccc1Cl)C(=O)O. The Morgan fingerprint density at radius 1 is 1.35 bits per heavy atom. The number of carbonyl (C=O) groups is 1. The zero-order valence-electron chi connectivity index (χ0n) is 11.0. The summed E-state index contributed by atoms with van der Waals surface area (Å²) < 4.78 is 26.8. The van der Waals surface area contributed by atoms with E-state index in [2.05, 4.69) is 4.72 Å². The van der Waals surface area contributed by atoms with Gasteiger partial charge in [0.25, 0.3) is 0 Å². The highest BCUT2D eigenvalue weighted by atomic mass is 35.5. The van der Waals surface area contributed by atoms with E-state index in [1.54, 1.807) is 6.92 Å². The van der Waals surface area contributed by atoms with Gasteiger partial charge in [0.1, 0.15) is 10.4 Å². The lowest BCUT2D eigenvalue weighted by atomic mass is 9.98. The normalized spacial score (nSPS) is 14.8. The Morgan fingerprint density at radius 3 is 2.25 bits per heavy atom. The van der Waals surface area contributed by atoms with Gasteiger partial charge in [0, 0.05) is 0 Å². The third-order valence-corrected chi connectivity index (χ3v) is 5.32. The molecule has 20 heavy (non-hydrogen) atoms. The predicted molar refractivity (Wildman–Crippen MR) is 77.7 cm³/mol. The molecule has 0 radical (unpaired) electrons. The first-order valence-corrected chi connectivity index (χ1v) is 8.09. The summed E-state index contributed by atoms with van der Waals surface area (Å²) >= 11 is 11.7. The molecule has 112 valence electrons. The highest BCUT2D eigenvalue weighted by Crippen LogP contribution is 2.30. The molecule has 0 bridgehead atoms. The fourth-order valence-corrected chi connectivity index (χ4v) is 4.33. The molecule has 0 amide bonds. The fraction of sp³-hybridized carbons (Fsp3) is 0.417. The Kier molecular flexibility index (Phi) is 5.43. The average molecular weight is 340 g/mol. The summed E-state index contributed by atoms with van der Waals surface area (Å²) in [7, 11) is -4.14. The van der Waals surface area contributed by atoms with Gasteiger partial charge in [0.15, 0.2) is 0 Å². The minimum absolute atomic E-state index is 0.0609. The van der Waals surface area contributed by atoms with Crippen molar-refractivity contribution in [3.05, 3.63) is 28.2 Å². The van der Waals surface area contributed by atoms with Gasteiger partial charge < -0.3 is 5.11 Å². The van der Waals surface area contributed by atoms with E-state index in [-0.39, 0.29) is 21.4 Å². The van der Waals surface area contributed by atoms with Gasteiger partial charge in [-0.05, 0) is 25.5 Å². The van der Waals surface area contributed by atoms with Crippen LogP contribution in [0.2, 0.25) is 10.0 Å². The van der Waals surface area contributed by atoms with Gasteiger partial charge in [-0.1, -0.05) is 42.6 Å². The summed E-state index contributed by atoms with van der Waals surface area (Å²) in [4.78, 5) is 11.0. The zero-order chi connectivity index (χ0) is 15.6. The van der Waals surface area contributed by atoms with Crippen molar-refractivity contribution < 1.29 is 18.3 Å². The summed E-state index contributed by atoms with van der Waals surface area (Å²) in [5.41, 5.74) is -1.61. The number of sulfonamides is 1. The van der Waals surface area contributed by atoms with Gasteiger partial charge in [-0.15, -0.1) is 0 Å². The molecule has 8 heteroatoms. The minimum atomic E-state index is -4.14. The van der Waals surface area contributed by atoms with Crippen LogP contribution >= 0.6 is 23.2 Å². The van der Waals surface area contributed by atoms with Crippen LogP contribution in [0.15, 0.2) is 23.1 Å². The summed E-state index contributed by atoms with van der Waals surface area (Å²) in [6.45, 7) is 3.07. The molecule has 0 aromatic heterocycles. The number of halogens is 2. The second-order valence-corrected chi connectivity index (χ2v) is 6.98. The number of carboxylic acids is 1. The zero-order valence-corrected chi connectivity index (χ0v) is 13.3. The van der Waals surface area contributed by atoms with Gasteiger partial charge in [-0.3, -0.25) is 4.79 Å². The van der Waals surface area contributed by atoms with Crippen LogP contribution in [0.25, 0.3) is 0 Å². The maximum Gasteiger partial charge on any atom is 0.324 e. The van der Waals surface area contributed by atoms with Crippen LogP contribution in [0.3, 0.4) is 0 Å². The molecule has 0 aliphatic heterocycles. The first-order chi connectivity index (χ1) is 9.14. The van der Waals surface area contributed by atoms with Crippen LogP contribution < -0.4 is 4.72 Å². The minimum Gasteiger partial charge on any atom is -0.480 e. The molecular formula is C12H15Cl2NO4S. The van der Waals surface area contributed by atoms with Crippen LogP contribution in [0.1, 0.15) is 26.7 Å². The third kappa shape index (κ3) is 3.63. The molecule has 1 rings (SSSR count). The lowest BCUT2D eigenvalue weighted by molar-refractivity contribution is -0.143. The fourth-order valence-electron chi connectivity index (χ4n) is 1.79. The van der Waals surface area contributed by atoms with Crippen molar-refractivity contribution >= 4 is 39.2 Å². The van der Waals surface area contributed by atoms with E-state index in [1.165, 1.54) is 25.1 Å². The molecule has 1 aromatic carbocycles.